The Kier molecular flexibility index (Phi) is 15.2. The number of unbranched alkanes of at least 4 members (excludes halogenated alkanes) is 1. The van der Waals surface area contributed by atoms with Crippen molar-refractivity contribution in [1.82, 2.24) is 4.90 Å². The predicted octanol–water partition coefficient (Wildman–Crippen LogP) is 12.4. The summed E-state index contributed by atoms with van der Waals surface area (Å²) in [6.45, 7) is 22.4. The molecule has 0 bridgehead atoms. The Labute approximate surface area is 299 Å². The van der Waals surface area contributed by atoms with E-state index in [1.54, 1.807) is 0 Å². The zero-order chi connectivity index (χ0) is 35.9. The molecule has 5 heteroatoms. The molecule has 14 unspecified atom stereocenters. The summed E-state index contributed by atoms with van der Waals surface area (Å²) in [5.74, 6) is 2.23. The Morgan fingerprint density at radius 3 is 2.37 bits per heavy atom. The molecule has 1 N–H and O–H groups in total. The van der Waals surface area contributed by atoms with Gasteiger partial charge in [-0.3, -0.25) is 4.90 Å². The van der Waals surface area contributed by atoms with Gasteiger partial charge in [0.25, 0.3) is 0 Å². The lowest BCUT2D eigenvalue weighted by Crippen LogP contribution is -2.51. The third-order valence-electron chi connectivity index (χ3n) is 14.0. The third kappa shape index (κ3) is 10.6. The first-order valence-electron chi connectivity index (χ1n) is 20.4. The van der Waals surface area contributed by atoms with Crippen LogP contribution in [0.4, 0.5) is 13.2 Å². The Hall–Kier alpha value is -1.33. The van der Waals surface area contributed by atoms with Crippen LogP contribution >= 0.6 is 0 Å². The second-order valence-electron chi connectivity index (χ2n) is 17.5. The second-order valence-corrected chi connectivity index (χ2v) is 17.5. The molecule has 0 amide bonds. The largest absolute Gasteiger partial charge is 0.392 e. The first-order valence-corrected chi connectivity index (χ1v) is 20.4. The highest BCUT2D eigenvalue weighted by Gasteiger charge is 2.48. The lowest BCUT2D eigenvalue weighted by atomic mass is 9.69. The van der Waals surface area contributed by atoms with Gasteiger partial charge in [0.1, 0.15) is 0 Å². The first kappa shape index (κ1) is 40.4. The van der Waals surface area contributed by atoms with E-state index in [-0.39, 0.29) is 30.2 Å². The fourth-order valence-electron chi connectivity index (χ4n) is 10.7. The number of alkyl halides is 3. The molecule has 1 aliphatic heterocycles. The Morgan fingerprint density at radius 1 is 0.959 bits per heavy atom. The molecule has 3 aliphatic carbocycles. The number of rotatable bonds is 16. The lowest BCUT2D eigenvalue weighted by Gasteiger charge is -2.46. The van der Waals surface area contributed by atoms with Crippen LogP contribution in [0.5, 0.6) is 0 Å². The van der Waals surface area contributed by atoms with Gasteiger partial charge in [0.05, 0.1) is 12.0 Å². The maximum Gasteiger partial charge on any atom is 0.392 e. The maximum atomic E-state index is 14.4. The SMILES string of the molecule is C=CC1C=CC(C2CC(C)C(CC)C2)N1C(C)C1CC(C(O)C=CC2CCC(CC(=C)CCC(C)CCCC)C(C(F)(F)F)C2)CCC1C. The van der Waals surface area contributed by atoms with E-state index in [4.69, 9.17) is 0 Å². The highest BCUT2D eigenvalue weighted by Crippen LogP contribution is 2.48. The van der Waals surface area contributed by atoms with Crippen molar-refractivity contribution in [3.63, 3.8) is 0 Å². The quantitative estimate of drug-likeness (QED) is 0.163. The van der Waals surface area contributed by atoms with Crippen LogP contribution in [0.1, 0.15) is 138 Å². The highest BCUT2D eigenvalue weighted by atomic mass is 19.4. The Bertz CT molecular complexity index is 1100. The molecule has 3 fully saturated rings. The van der Waals surface area contributed by atoms with Gasteiger partial charge in [-0.2, -0.15) is 13.2 Å². The summed E-state index contributed by atoms with van der Waals surface area (Å²) in [7, 11) is 0. The number of hydrogen-bond acceptors (Lipinski definition) is 2. The molecule has 0 saturated heterocycles. The van der Waals surface area contributed by atoms with Crippen molar-refractivity contribution in [2.75, 3.05) is 0 Å². The molecule has 0 spiro atoms. The van der Waals surface area contributed by atoms with Gasteiger partial charge in [-0.25, -0.2) is 0 Å². The fraction of sp³-hybridized carbons (Fsp3) is 0.818. The summed E-state index contributed by atoms with van der Waals surface area (Å²) in [5, 5.41) is 11.5. The number of halogens is 3. The summed E-state index contributed by atoms with van der Waals surface area (Å²) in [6, 6.07) is 1.05. The van der Waals surface area contributed by atoms with Crippen LogP contribution in [0, 0.1) is 59.2 Å². The van der Waals surface area contributed by atoms with Gasteiger partial charge in [0.2, 0.25) is 0 Å². The van der Waals surface area contributed by atoms with Gasteiger partial charge < -0.3 is 5.11 Å². The smallest absolute Gasteiger partial charge is 0.389 e. The molecular weight excluding hydrogens is 615 g/mol. The average molecular weight is 688 g/mol. The zero-order valence-electron chi connectivity index (χ0n) is 32.0. The van der Waals surface area contributed by atoms with Crippen LogP contribution in [-0.2, 0) is 0 Å². The van der Waals surface area contributed by atoms with Crippen molar-refractivity contribution in [2.24, 2.45) is 59.2 Å². The lowest BCUT2D eigenvalue weighted by molar-refractivity contribution is -0.199. The number of aliphatic hydroxyl groups excluding tert-OH is 1. The summed E-state index contributed by atoms with van der Waals surface area (Å²) in [5.41, 5.74) is 0.987. The van der Waals surface area contributed by atoms with Crippen LogP contribution in [0.15, 0.2) is 49.1 Å². The number of nitrogens with zero attached hydrogens (tertiary/aromatic N) is 1. The predicted molar refractivity (Wildman–Crippen MR) is 201 cm³/mol. The van der Waals surface area contributed by atoms with Crippen LogP contribution in [0.2, 0.25) is 0 Å². The molecular formula is C44H72F3NO. The molecule has 2 nitrogen and oxygen atoms in total. The molecule has 4 rings (SSSR count). The first-order chi connectivity index (χ1) is 23.3. The summed E-state index contributed by atoms with van der Waals surface area (Å²) < 4.78 is 43.1. The second kappa shape index (κ2) is 18.4. The van der Waals surface area contributed by atoms with E-state index in [1.807, 2.05) is 12.2 Å². The Balaban J connectivity index is 1.34. The van der Waals surface area contributed by atoms with Crippen molar-refractivity contribution in [3.8, 4) is 0 Å². The van der Waals surface area contributed by atoms with Crippen molar-refractivity contribution in [2.45, 2.75) is 168 Å². The van der Waals surface area contributed by atoms with Crippen LogP contribution < -0.4 is 0 Å². The minimum atomic E-state index is -4.20. The third-order valence-corrected chi connectivity index (χ3v) is 14.0. The molecule has 280 valence electrons. The van der Waals surface area contributed by atoms with Crippen LogP contribution in [0.25, 0.3) is 0 Å². The molecule has 14 atom stereocenters. The Morgan fingerprint density at radius 2 is 1.71 bits per heavy atom. The van der Waals surface area contributed by atoms with Gasteiger partial charge >= 0.3 is 6.18 Å². The van der Waals surface area contributed by atoms with Crippen molar-refractivity contribution in [1.29, 1.82) is 0 Å². The van der Waals surface area contributed by atoms with E-state index in [1.165, 1.54) is 38.5 Å². The molecule has 1 heterocycles. The molecule has 49 heavy (non-hydrogen) atoms. The summed E-state index contributed by atoms with van der Waals surface area (Å²) in [6.07, 6.45) is 20.1. The van der Waals surface area contributed by atoms with Crippen molar-refractivity contribution < 1.29 is 18.3 Å². The van der Waals surface area contributed by atoms with E-state index in [0.29, 0.717) is 48.6 Å². The average Bonchev–Trinajstić information content (AvgIpc) is 3.68. The van der Waals surface area contributed by atoms with Crippen molar-refractivity contribution in [3.05, 3.63) is 49.1 Å². The van der Waals surface area contributed by atoms with Gasteiger partial charge in [0, 0.05) is 18.1 Å². The molecule has 0 aromatic rings. The van der Waals surface area contributed by atoms with E-state index in [9.17, 15) is 18.3 Å². The van der Waals surface area contributed by atoms with E-state index in [0.717, 1.165) is 55.9 Å². The fourth-order valence-corrected chi connectivity index (χ4v) is 10.7. The summed E-state index contributed by atoms with van der Waals surface area (Å²) >= 11 is 0. The maximum absolute atomic E-state index is 14.4. The monoisotopic (exact) mass is 688 g/mol. The van der Waals surface area contributed by atoms with E-state index >= 15 is 0 Å². The van der Waals surface area contributed by atoms with Gasteiger partial charge in [0.15, 0.2) is 0 Å². The van der Waals surface area contributed by atoms with Gasteiger partial charge in [-0.1, -0.05) is 109 Å². The van der Waals surface area contributed by atoms with Crippen LogP contribution in [0.3, 0.4) is 0 Å². The van der Waals surface area contributed by atoms with Crippen molar-refractivity contribution >= 4 is 0 Å². The topological polar surface area (TPSA) is 23.5 Å². The highest BCUT2D eigenvalue weighted by molar-refractivity contribution is 5.19. The number of hydrogen-bond donors (Lipinski definition) is 1. The van der Waals surface area contributed by atoms with E-state index in [2.05, 4.69) is 77.8 Å². The molecule has 0 aromatic heterocycles. The van der Waals surface area contributed by atoms with Crippen LogP contribution in [-0.4, -0.2) is 40.4 Å². The van der Waals surface area contributed by atoms with E-state index < -0.39 is 18.2 Å². The minimum absolute atomic E-state index is 0.129. The summed E-state index contributed by atoms with van der Waals surface area (Å²) in [4.78, 5) is 2.73. The number of allylic oxidation sites excluding steroid dienone is 2. The standard InChI is InChI=1S/C44H72F3NO/c1-9-12-13-29(4)14-15-30(5)24-36-20-17-34(26-41(36)44(45,46)47)18-23-43(49)37-19-16-31(6)40(28-37)33(8)48-39(11-3)21-22-42(48)38-25-32(7)35(10-2)27-38/h11,18,21-23,29,31-43,49H,3,5,9-10,12-17,19-20,24-28H2,1-2,4,6-8H3. The molecule has 0 radical (unpaired) electrons. The molecule has 4 aliphatic rings. The molecule has 0 aromatic carbocycles. The molecule has 3 saturated carbocycles. The zero-order valence-corrected chi connectivity index (χ0v) is 32.0. The van der Waals surface area contributed by atoms with Gasteiger partial charge in [-0.15, -0.1) is 6.58 Å². The normalized spacial score (nSPS) is 37.8. The van der Waals surface area contributed by atoms with Gasteiger partial charge in [-0.05, 0) is 124 Å². The minimum Gasteiger partial charge on any atom is -0.389 e. The number of aliphatic hydroxyl groups is 1.